The van der Waals surface area contributed by atoms with Crippen LogP contribution in [0.25, 0.3) is 132 Å². The van der Waals surface area contributed by atoms with Crippen LogP contribution in [0.15, 0.2) is 207 Å². The van der Waals surface area contributed by atoms with Gasteiger partial charge >= 0.3 is 0 Å². The second-order valence-corrected chi connectivity index (χ2v) is 15.4. The highest BCUT2D eigenvalue weighted by Crippen LogP contribution is 2.51. The van der Waals surface area contributed by atoms with Crippen molar-refractivity contribution in [3.05, 3.63) is 194 Å². The molecule has 274 valence electrons. The molecule has 13 aromatic rings. The molecule has 3 aromatic heterocycles. The van der Waals surface area contributed by atoms with Gasteiger partial charge in [-0.1, -0.05) is 164 Å². The molecule has 59 heavy (non-hydrogen) atoms. The van der Waals surface area contributed by atoms with Crippen LogP contribution in [-0.2, 0) is 0 Å². The van der Waals surface area contributed by atoms with E-state index in [4.69, 9.17) is 13.3 Å². The second-order valence-electron chi connectivity index (χ2n) is 15.4. The normalized spacial score (nSPS) is 12.1. The summed E-state index contributed by atoms with van der Waals surface area (Å²) in [6.45, 7) is 0. The minimum Gasteiger partial charge on any atom is -0.455 e. The van der Waals surface area contributed by atoms with E-state index in [1.165, 1.54) is 38.2 Å². The minimum absolute atomic E-state index is 0.829. The third-order valence-electron chi connectivity index (χ3n) is 12.3. The maximum Gasteiger partial charge on any atom is 0.144 e. The van der Waals surface area contributed by atoms with Crippen molar-refractivity contribution in [1.29, 1.82) is 0 Å². The fourth-order valence-corrected chi connectivity index (χ4v) is 9.81. The SMILES string of the molecule is c1ccc(-c2c3ccccc3c(-c3ccc(-c4ccc(-c5cccc6c5oc5ccccc56)c5oc6ccccc6c45)c4c3oc3ccccc34)c3ccccc23)cc1. The highest BCUT2D eigenvalue weighted by atomic mass is 16.3. The maximum atomic E-state index is 7.03. The van der Waals surface area contributed by atoms with Gasteiger partial charge in [-0.25, -0.2) is 0 Å². The largest absolute Gasteiger partial charge is 0.455 e. The molecule has 0 amide bonds. The molecule has 0 spiro atoms. The van der Waals surface area contributed by atoms with Crippen LogP contribution in [-0.4, -0.2) is 0 Å². The van der Waals surface area contributed by atoms with Crippen molar-refractivity contribution >= 4 is 87.4 Å². The lowest BCUT2D eigenvalue weighted by molar-refractivity contribution is 0.665. The van der Waals surface area contributed by atoms with Crippen molar-refractivity contribution in [2.45, 2.75) is 0 Å². The Bertz CT molecular complexity index is 3780. The van der Waals surface area contributed by atoms with E-state index in [-0.39, 0.29) is 0 Å². The van der Waals surface area contributed by atoms with E-state index in [1.807, 2.05) is 18.2 Å². The molecule has 0 radical (unpaired) electrons. The number of para-hydroxylation sites is 4. The lowest BCUT2D eigenvalue weighted by Gasteiger charge is -2.18. The van der Waals surface area contributed by atoms with Crippen molar-refractivity contribution in [3.63, 3.8) is 0 Å². The van der Waals surface area contributed by atoms with Gasteiger partial charge in [0.05, 0.1) is 0 Å². The Labute approximate surface area is 337 Å². The fourth-order valence-electron chi connectivity index (χ4n) is 9.81. The van der Waals surface area contributed by atoms with Gasteiger partial charge in [0.1, 0.15) is 33.5 Å². The smallest absolute Gasteiger partial charge is 0.144 e. The molecule has 3 heterocycles. The number of rotatable bonds is 4. The standard InChI is InChI=1S/C56H32O3/c1-2-15-33(16-3-1)50-35-18-4-6-20-37(35)51(38-21-7-5-19-36(38)50)46-32-30-40(53-45-23-10-13-28-49(45)59-56(46)53)39-29-31-43(55-52(39)44-22-9-12-27-48(44)58-55)42-25-14-24-41-34-17-8-11-26-47(34)57-54(41)42/h1-32H. The lowest BCUT2D eigenvalue weighted by Crippen LogP contribution is -1.92. The van der Waals surface area contributed by atoms with E-state index in [9.17, 15) is 0 Å². The van der Waals surface area contributed by atoms with Crippen molar-refractivity contribution < 1.29 is 13.3 Å². The summed E-state index contributed by atoms with van der Waals surface area (Å²) in [5.74, 6) is 0. The average Bonchev–Trinajstić information content (AvgIpc) is 4.00. The molecule has 0 aliphatic carbocycles. The van der Waals surface area contributed by atoms with Gasteiger partial charge < -0.3 is 13.3 Å². The van der Waals surface area contributed by atoms with Crippen LogP contribution in [0.2, 0.25) is 0 Å². The summed E-state index contributed by atoms with van der Waals surface area (Å²) in [6.07, 6.45) is 0. The first kappa shape index (κ1) is 32.2. The topological polar surface area (TPSA) is 39.4 Å². The zero-order valence-electron chi connectivity index (χ0n) is 31.7. The average molecular weight is 753 g/mol. The molecule has 13 rings (SSSR count). The fraction of sp³-hybridized carbons (Fsp3) is 0. The maximum absolute atomic E-state index is 7.03. The van der Waals surface area contributed by atoms with Crippen molar-refractivity contribution in [1.82, 2.24) is 0 Å². The predicted octanol–water partition coefficient (Wildman–Crippen LogP) is 16.4. The summed E-state index contributed by atoms with van der Waals surface area (Å²) in [4.78, 5) is 0. The molecule has 0 aliphatic heterocycles. The molecule has 0 N–H and O–H groups in total. The van der Waals surface area contributed by atoms with Gasteiger partial charge in [0.25, 0.3) is 0 Å². The Morgan fingerprint density at radius 3 is 1.20 bits per heavy atom. The number of hydrogen-bond acceptors (Lipinski definition) is 3. The molecule has 3 heteroatoms. The summed E-state index contributed by atoms with van der Waals surface area (Å²) < 4.78 is 20.5. The summed E-state index contributed by atoms with van der Waals surface area (Å²) in [6, 6.07) is 68.8. The van der Waals surface area contributed by atoms with Gasteiger partial charge in [0, 0.05) is 54.6 Å². The second kappa shape index (κ2) is 12.3. The highest BCUT2D eigenvalue weighted by Gasteiger charge is 2.25. The third kappa shape index (κ3) is 4.58. The van der Waals surface area contributed by atoms with Crippen LogP contribution >= 0.6 is 0 Å². The molecule has 0 atom stereocenters. The van der Waals surface area contributed by atoms with E-state index >= 15 is 0 Å². The molecule has 0 bridgehead atoms. The lowest BCUT2D eigenvalue weighted by atomic mass is 9.84. The molecule has 10 aromatic carbocycles. The van der Waals surface area contributed by atoms with Crippen molar-refractivity contribution in [2.75, 3.05) is 0 Å². The Morgan fingerprint density at radius 1 is 0.220 bits per heavy atom. The van der Waals surface area contributed by atoms with Crippen LogP contribution < -0.4 is 0 Å². The summed E-state index contributed by atoms with van der Waals surface area (Å²) in [7, 11) is 0. The number of hydrogen-bond donors (Lipinski definition) is 0. The molecule has 0 saturated heterocycles. The molecule has 0 fully saturated rings. The summed E-state index contributed by atoms with van der Waals surface area (Å²) in [5, 5.41) is 11.3. The van der Waals surface area contributed by atoms with Gasteiger partial charge in [0.2, 0.25) is 0 Å². The van der Waals surface area contributed by atoms with Gasteiger partial charge in [-0.2, -0.15) is 0 Å². The first-order chi connectivity index (χ1) is 29.3. The highest BCUT2D eigenvalue weighted by molar-refractivity contribution is 6.27. The van der Waals surface area contributed by atoms with E-state index in [0.29, 0.717) is 0 Å². The first-order valence-corrected chi connectivity index (χ1v) is 20.1. The molecule has 0 saturated carbocycles. The molecular weight excluding hydrogens is 721 g/mol. The zero-order chi connectivity index (χ0) is 38.6. The molecule has 0 aliphatic rings. The number of benzene rings is 10. The van der Waals surface area contributed by atoms with E-state index in [0.717, 1.165) is 93.6 Å². The van der Waals surface area contributed by atoms with Crippen LogP contribution in [0.5, 0.6) is 0 Å². The van der Waals surface area contributed by atoms with Gasteiger partial charge in [-0.3, -0.25) is 0 Å². The summed E-state index contributed by atoms with van der Waals surface area (Å²) >= 11 is 0. The third-order valence-corrected chi connectivity index (χ3v) is 12.3. The molecular formula is C56H32O3. The quantitative estimate of drug-likeness (QED) is 0.168. The Kier molecular flexibility index (Phi) is 6.72. The van der Waals surface area contributed by atoms with Gasteiger partial charge in [-0.05, 0) is 74.1 Å². The Hall–Kier alpha value is -7.88. The predicted molar refractivity (Wildman–Crippen MR) is 245 cm³/mol. The van der Waals surface area contributed by atoms with Crippen molar-refractivity contribution in [3.8, 4) is 44.5 Å². The molecule has 3 nitrogen and oxygen atoms in total. The van der Waals surface area contributed by atoms with Crippen LogP contribution in [0.1, 0.15) is 0 Å². The Morgan fingerprint density at radius 2 is 0.610 bits per heavy atom. The Balaban J connectivity index is 1.12. The zero-order valence-corrected chi connectivity index (χ0v) is 31.7. The van der Waals surface area contributed by atoms with Gasteiger partial charge in [-0.15, -0.1) is 0 Å². The van der Waals surface area contributed by atoms with Crippen LogP contribution in [0, 0.1) is 0 Å². The van der Waals surface area contributed by atoms with Crippen molar-refractivity contribution in [2.24, 2.45) is 0 Å². The number of furan rings is 3. The monoisotopic (exact) mass is 752 g/mol. The van der Waals surface area contributed by atoms with E-state index in [2.05, 4.69) is 176 Å². The molecule has 0 unspecified atom stereocenters. The van der Waals surface area contributed by atoms with E-state index < -0.39 is 0 Å². The van der Waals surface area contributed by atoms with Crippen LogP contribution in [0.4, 0.5) is 0 Å². The summed E-state index contributed by atoms with van der Waals surface area (Å²) in [5.41, 5.74) is 14.0. The van der Waals surface area contributed by atoms with E-state index in [1.54, 1.807) is 0 Å². The van der Waals surface area contributed by atoms with Crippen LogP contribution in [0.3, 0.4) is 0 Å². The number of fused-ring (bicyclic) bond motifs is 11. The first-order valence-electron chi connectivity index (χ1n) is 20.1. The minimum atomic E-state index is 0.829. The van der Waals surface area contributed by atoms with Gasteiger partial charge in [0.15, 0.2) is 0 Å².